The van der Waals surface area contributed by atoms with Crippen LogP contribution in [0.4, 0.5) is 0 Å². The summed E-state index contributed by atoms with van der Waals surface area (Å²) in [7, 11) is 0. The summed E-state index contributed by atoms with van der Waals surface area (Å²) in [6, 6.07) is 0. The van der Waals surface area contributed by atoms with E-state index in [-0.39, 0.29) is 0 Å². The van der Waals surface area contributed by atoms with Crippen molar-refractivity contribution in [2.45, 2.75) is 78.6 Å². The van der Waals surface area contributed by atoms with Crippen LogP contribution in [0.25, 0.3) is 0 Å². The summed E-state index contributed by atoms with van der Waals surface area (Å²) in [5, 5.41) is 8.89. The van der Waals surface area contributed by atoms with Gasteiger partial charge in [-0.1, -0.05) is 33.1 Å². The number of piperidine rings is 1. The topological polar surface area (TPSA) is 40.1 Å². The van der Waals surface area contributed by atoms with Gasteiger partial charge in [-0.25, -0.2) is 0 Å². The molecule has 0 aromatic rings. The first-order valence-corrected chi connectivity index (χ1v) is 8.59. The lowest BCUT2D eigenvalue weighted by atomic mass is 10.0. The Kier molecular flexibility index (Phi) is 11.8. The second kappa shape index (κ2) is 12.2. The number of carboxylic acids is 1. The molecule has 0 amide bonds. The summed E-state index contributed by atoms with van der Waals surface area (Å²) in [4.78, 5) is 8.89. The molecule has 3 heteroatoms. The van der Waals surface area contributed by atoms with Crippen molar-refractivity contribution in [1.29, 1.82) is 0 Å². The molecule has 0 aliphatic carbocycles. The number of likely N-dealkylation sites (tertiary alicyclic amines) is 1. The van der Waals surface area contributed by atoms with Crippen LogP contribution in [0.15, 0.2) is 0 Å². The van der Waals surface area contributed by atoms with Crippen molar-refractivity contribution in [2.24, 2.45) is 0 Å². The Balaban J connectivity index is 0.000000796. The van der Waals surface area contributed by atoms with E-state index >= 15 is 0 Å². The summed E-state index contributed by atoms with van der Waals surface area (Å²) in [6.07, 6.45) is 13.0. The molecule has 0 aromatic heterocycles. The van der Waals surface area contributed by atoms with Gasteiger partial charge in [0.15, 0.2) is 0 Å². The van der Waals surface area contributed by atoms with Crippen molar-refractivity contribution in [3.63, 3.8) is 0 Å². The molecule has 0 atom stereocenters. The molecule has 1 aliphatic heterocycles. The Bertz CT molecular complexity index is 231. The fraction of sp³-hybridized carbons (Fsp3) is 0.941. The predicted octanol–water partition coefficient (Wildman–Crippen LogP) is 3.12. The van der Waals surface area contributed by atoms with E-state index in [0.717, 1.165) is 6.92 Å². The van der Waals surface area contributed by atoms with Gasteiger partial charge < -0.3 is 14.4 Å². The van der Waals surface area contributed by atoms with Crippen LogP contribution in [0, 0.1) is 0 Å². The maximum absolute atomic E-state index is 8.89. The largest absolute Gasteiger partial charge is 0.550 e. The molecular weight excluding hydrogens is 250 g/mol. The van der Waals surface area contributed by atoms with Gasteiger partial charge in [0.2, 0.25) is 0 Å². The van der Waals surface area contributed by atoms with Gasteiger partial charge in [-0.05, 0) is 45.4 Å². The Morgan fingerprint density at radius 1 is 0.900 bits per heavy atom. The lowest BCUT2D eigenvalue weighted by molar-refractivity contribution is -0.932. The number of rotatable bonds is 8. The summed E-state index contributed by atoms with van der Waals surface area (Å²) in [5.41, 5.74) is 0. The van der Waals surface area contributed by atoms with Crippen LogP contribution < -0.4 is 5.11 Å². The van der Waals surface area contributed by atoms with E-state index in [2.05, 4.69) is 13.8 Å². The van der Waals surface area contributed by atoms with Crippen LogP contribution in [-0.4, -0.2) is 36.6 Å². The van der Waals surface area contributed by atoms with E-state index in [1.807, 2.05) is 0 Å². The fourth-order valence-electron chi connectivity index (χ4n) is 3.11. The Hall–Kier alpha value is -0.570. The summed E-state index contributed by atoms with van der Waals surface area (Å²) >= 11 is 0. The number of carbonyl (C=O) groups excluding carboxylic acids is 1. The molecule has 120 valence electrons. The van der Waals surface area contributed by atoms with Gasteiger partial charge in [0, 0.05) is 5.97 Å². The molecule has 0 saturated carbocycles. The average Bonchev–Trinajstić information content (AvgIpc) is 2.42. The highest BCUT2D eigenvalue weighted by atomic mass is 16.4. The zero-order chi connectivity index (χ0) is 15.3. The van der Waals surface area contributed by atoms with Gasteiger partial charge in [-0.15, -0.1) is 0 Å². The van der Waals surface area contributed by atoms with Gasteiger partial charge in [0.05, 0.1) is 26.2 Å². The van der Waals surface area contributed by atoms with Crippen LogP contribution in [0.3, 0.4) is 0 Å². The van der Waals surface area contributed by atoms with E-state index < -0.39 is 5.97 Å². The first kappa shape index (κ1) is 19.4. The zero-order valence-corrected chi connectivity index (χ0v) is 14.0. The summed E-state index contributed by atoms with van der Waals surface area (Å²) in [5.74, 6) is -1.08. The highest BCUT2D eigenvalue weighted by molar-refractivity contribution is 5.60. The Morgan fingerprint density at radius 2 is 1.40 bits per heavy atom. The summed E-state index contributed by atoms with van der Waals surface area (Å²) in [6.45, 7) is 11.5. The number of hydrogen-bond acceptors (Lipinski definition) is 2. The van der Waals surface area contributed by atoms with Crippen molar-refractivity contribution in [3.05, 3.63) is 0 Å². The molecule has 0 spiro atoms. The molecular formula is C17H35NO2. The first-order chi connectivity index (χ1) is 9.56. The molecule has 1 heterocycles. The Labute approximate surface area is 126 Å². The molecule has 1 saturated heterocycles. The third kappa shape index (κ3) is 10.2. The van der Waals surface area contributed by atoms with Crippen LogP contribution in [0.5, 0.6) is 0 Å². The number of unbranched alkanes of at least 4 members (excludes halogenated alkanes) is 4. The van der Waals surface area contributed by atoms with E-state index in [1.165, 1.54) is 88.4 Å². The highest BCUT2D eigenvalue weighted by Crippen LogP contribution is 2.21. The van der Waals surface area contributed by atoms with Gasteiger partial charge in [-0.2, -0.15) is 0 Å². The highest BCUT2D eigenvalue weighted by Gasteiger charge is 2.28. The number of carbonyl (C=O) groups is 1. The second-order valence-electron chi connectivity index (χ2n) is 6.20. The van der Waals surface area contributed by atoms with Crippen molar-refractivity contribution >= 4 is 5.97 Å². The number of hydrogen-bond donors (Lipinski definition) is 0. The molecule has 0 radical (unpaired) electrons. The minimum absolute atomic E-state index is 0.972. The number of carboxylic acid groups (broad SMARTS) is 1. The average molecular weight is 285 g/mol. The van der Waals surface area contributed by atoms with Gasteiger partial charge >= 0.3 is 0 Å². The zero-order valence-electron chi connectivity index (χ0n) is 14.0. The molecule has 3 nitrogen and oxygen atoms in total. The van der Waals surface area contributed by atoms with Crippen LogP contribution >= 0.6 is 0 Å². The van der Waals surface area contributed by atoms with E-state index in [4.69, 9.17) is 9.90 Å². The second-order valence-corrected chi connectivity index (χ2v) is 6.20. The minimum atomic E-state index is -1.08. The van der Waals surface area contributed by atoms with E-state index in [1.54, 1.807) is 0 Å². The van der Waals surface area contributed by atoms with Gasteiger partial charge in [0.1, 0.15) is 0 Å². The van der Waals surface area contributed by atoms with Crippen molar-refractivity contribution in [2.75, 3.05) is 26.2 Å². The Morgan fingerprint density at radius 3 is 1.90 bits per heavy atom. The van der Waals surface area contributed by atoms with E-state index in [0.29, 0.717) is 0 Å². The van der Waals surface area contributed by atoms with E-state index in [9.17, 15) is 0 Å². The SMILES string of the molecule is CC(=O)[O-].CCCCCC[N+]1(CCCC)CCCCC1. The molecule has 0 N–H and O–H groups in total. The molecule has 1 fully saturated rings. The van der Waals surface area contributed by atoms with Crippen LogP contribution in [0.1, 0.15) is 78.6 Å². The molecule has 0 bridgehead atoms. The molecule has 20 heavy (non-hydrogen) atoms. The molecule has 0 unspecified atom stereocenters. The first-order valence-electron chi connectivity index (χ1n) is 8.59. The third-order valence-electron chi connectivity index (χ3n) is 4.24. The number of aliphatic carboxylic acids is 1. The fourth-order valence-corrected chi connectivity index (χ4v) is 3.11. The lowest BCUT2D eigenvalue weighted by Gasteiger charge is -2.42. The minimum Gasteiger partial charge on any atom is -0.550 e. The van der Waals surface area contributed by atoms with Crippen molar-refractivity contribution < 1.29 is 14.4 Å². The van der Waals surface area contributed by atoms with Gasteiger partial charge in [0.25, 0.3) is 0 Å². The predicted molar refractivity (Wildman–Crippen MR) is 83.3 cm³/mol. The quantitative estimate of drug-likeness (QED) is 0.508. The molecule has 1 rings (SSSR count). The third-order valence-corrected chi connectivity index (χ3v) is 4.24. The number of quaternary nitrogens is 1. The standard InChI is InChI=1S/C15H32N.C2H4O2/c1-3-5-7-9-13-16(12-6-4-2)14-10-8-11-15-16;1-2(3)4/h3-15H2,1-2H3;1H3,(H,3,4)/q+1;/p-1. The van der Waals surface area contributed by atoms with Gasteiger partial charge in [-0.3, -0.25) is 0 Å². The van der Waals surface area contributed by atoms with Crippen molar-refractivity contribution in [3.8, 4) is 0 Å². The van der Waals surface area contributed by atoms with Crippen molar-refractivity contribution in [1.82, 2.24) is 0 Å². The number of nitrogens with zero attached hydrogens (tertiary/aromatic N) is 1. The lowest BCUT2D eigenvalue weighted by Crippen LogP contribution is -2.52. The maximum Gasteiger partial charge on any atom is 0.0786 e. The molecule has 1 aliphatic rings. The maximum atomic E-state index is 8.89. The summed E-state index contributed by atoms with van der Waals surface area (Å²) < 4.78 is 1.47. The normalized spacial score (nSPS) is 17.1. The smallest absolute Gasteiger partial charge is 0.0786 e. The van der Waals surface area contributed by atoms with Crippen LogP contribution in [-0.2, 0) is 4.79 Å². The van der Waals surface area contributed by atoms with Crippen LogP contribution in [0.2, 0.25) is 0 Å². The monoisotopic (exact) mass is 285 g/mol. The molecule has 0 aromatic carbocycles.